The van der Waals surface area contributed by atoms with Gasteiger partial charge in [0, 0.05) is 23.4 Å². The van der Waals surface area contributed by atoms with Crippen molar-refractivity contribution >= 4 is 34.3 Å². The molecule has 0 radical (unpaired) electrons. The molecule has 2 aromatic carbocycles. The van der Waals surface area contributed by atoms with E-state index in [1.54, 1.807) is 4.57 Å². The number of aliphatic hydroxyl groups is 1. The maximum atomic E-state index is 12.5. The number of halogens is 2. The number of ether oxygens (including phenoxy) is 1. The third-order valence-corrected chi connectivity index (χ3v) is 5.81. The minimum Gasteiger partial charge on any atom is -0.502 e. The number of aliphatic hydroxyl groups excluding tert-OH is 1. The highest BCUT2D eigenvalue weighted by atomic mass is 32.1. The number of alkyl halides is 2. The highest BCUT2D eigenvalue weighted by Gasteiger charge is 2.25. The summed E-state index contributed by atoms with van der Waals surface area (Å²) >= 11 is 5.71. The topological polar surface area (TPSA) is 45.4 Å². The van der Waals surface area contributed by atoms with E-state index >= 15 is 0 Å². The van der Waals surface area contributed by atoms with Crippen molar-refractivity contribution in [1.29, 1.82) is 0 Å². The summed E-state index contributed by atoms with van der Waals surface area (Å²) in [7, 11) is 0. The Balaban J connectivity index is 2.05. The molecule has 1 heterocycles. The standard InChI is InChI=1S/C27H28F2N2O2S/c1-17-6-9-21(16-18(17)2)30-25(34)23(31-14-12-20(13-15-31)27(3,4)5)24(32)19-7-10-22(11-8-19)33-26(28)29/h6-16,26H,1-5H3,(H-,30,32,34)/p+1. The molecule has 2 N–H and O–H groups in total. The largest absolute Gasteiger partial charge is 0.502 e. The molecule has 0 spiro atoms. The van der Waals surface area contributed by atoms with Gasteiger partial charge in [0.1, 0.15) is 5.75 Å². The van der Waals surface area contributed by atoms with Crippen LogP contribution in [0.1, 0.15) is 43.0 Å². The molecular formula is C27H29F2N2O2S+. The number of benzene rings is 2. The Morgan fingerprint density at radius 3 is 2.12 bits per heavy atom. The van der Waals surface area contributed by atoms with Gasteiger partial charge in [-0.25, -0.2) is 0 Å². The van der Waals surface area contributed by atoms with Crippen LogP contribution < -0.4 is 14.6 Å². The van der Waals surface area contributed by atoms with Gasteiger partial charge in [0.2, 0.25) is 0 Å². The summed E-state index contributed by atoms with van der Waals surface area (Å²) in [5.74, 6) is -0.0930. The van der Waals surface area contributed by atoms with E-state index in [0.29, 0.717) is 16.2 Å². The van der Waals surface area contributed by atoms with E-state index in [-0.39, 0.29) is 16.9 Å². The van der Waals surface area contributed by atoms with Crippen LogP contribution in [-0.4, -0.2) is 16.7 Å². The summed E-state index contributed by atoms with van der Waals surface area (Å²) in [6.45, 7) is 7.49. The van der Waals surface area contributed by atoms with E-state index in [2.05, 4.69) is 30.8 Å². The normalized spacial score (nSPS) is 12.4. The van der Waals surface area contributed by atoms with Crippen LogP contribution in [0.5, 0.6) is 5.75 Å². The van der Waals surface area contributed by atoms with Gasteiger partial charge in [0.15, 0.2) is 23.1 Å². The SMILES string of the molecule is Cc1ccc(NC(=S)/C(=C(\O)c2ccc(OC(F)F)cc2)[n+]2ccc(C(C)(C)C)cc2)cc1C. The zero-order valence-electron chi connectivity index (χ0n) is 19.9. The molecule has 3 aromatic rings. The number of nitrogens with zero attached hydrogens (tertiary/aromatic N) is 1. The molecule has 0 amide bonds. The van der Waals surface area contributed by atoms with E-state index < -0.39 is 6.61 Å². The summed E-state index contributed by atoms with van der Waals surface area (Å²) in [5, 5.41) is 14.4. The number of pyridine rings is 1. The first kappa shape index (κ1) is 25.3. The lowest BCUT2D eigenvalue weighted by Gasteiger charge is -2.18. The summed E-state index contributed by atoms with van der Waals surface area (Å²) in [4.78, 5) is 0.308. The molecular weight excluding hydrogens is 454 g/mol. The van der Waals surface area contributed by atoms with Crippen molar-refractivity contribution in [1.82, 2.24) is 0 Å². The molecule has 0 aliphatic carbocycles. The highest BCUT2D eigenvalue weighted by molar-refractivity contribution is 7.81. The number of anilines is 1. The molecule has 7 heteroatoms. The Kier molecular flexibility index (Phi) is 7.67. The fourth-order valence-corrected chi connectivity index (χ4v) is 3.68. The summed E-state index contributed by atoms with van der Waals surface area (Å²) in [6.07, 6.45) is 3.68. The molecule has 0 fully saturated rings. The van der Waals surface area contributed by atoms with E-state index in [4.69, 9.17) is 12.2 Å². The number of nitrogens with one attached hydrogen (secondary N) is 1. The molecule has 178 valence electrons. The minimum atomic E-state index is -2.92. The molecule has 0 saturated heterocycles. The second-order valence-electron chi connectivity index (χ2n) is 9.10. The van der Waals surface area contributed by atoms with Crippen molar-refractivity contribution in [2.45, 2.75) is 46.6 Å². The van der Waals surface area contributed by atoms with Crippen LogP contribution in [0.4, 0.5) is 14.5 Å². The Hall–Kier alpha value is -3.32. The van der Waals surface area contributed by atoms with Gasteiger partial charge in [0.25, 0.3) is 5.70 Å². The number of aromatic nitrogens is 1. The van der Waals surface area contributed by atoms with Crippen LogP contribution in [0, 0.1) is 13.8 Å². The van der Waals surface area contributed by atoms with Gasteiger partial charge in [-0.1, -0.05) is 39.1 Å². The van der Waals surface area contributed by atoms with Gasteiger partial charge in [-0.15, -0.1) is 0 Å². The molecule has 0 atom stereocenters. The van der Waals surface area contributed by atoms with Crippen molar-refractivity contribution in [3.8, 4) is 5.75 Å². The second-order valence-corrected chi connectivity index (χ2v) is 9.51. The maximum absolute atomic E-state index is 12.5. The van der Waals surface area contributed by atoms with Crippen LogP contribution in [0.2, 0.25) is 0 Å². The highest BCUT2D eigenvalue weighted by Crippen LogP contribution is 2.24. The van der Waals surface area contributed by atoms with Gasteiger partial charge >= 0.3 is 6.61 Å². The summed E-state index contributed by atoms with van der Waals surface area (Å²) in [6, 6.07) is 15.6. The summed E-state index contributed by atoms with van der Waals surface area (Å²) < 4.78 is 31.2. The van der Waals surface area contributed by atoms with Gasteiger partial charge in [-0.2, -0.15) is 13.3 Å². The van der Waals surface area contributed by atoms with Gasteiger partial charge in [0.05, 0.1) is 0 Å². The van der Waals surface area contributed by atoms with Gasteiger partial charge < -0.3 is 15.2 Å². The van der Waals surface area contributed by atoms with Crippen LogP contribution in [0.3, 0.4) is 0 Å². The first-order chi connectivity index (χ1) is 16.0. The Morgan fingerprint density at radius 1 is 0.971 bits per heavy atom. The zero-order chi connectivity index (χ0) is 25.0. The molecule has 0 saturated carbocycles. The van der Waals surface area contributed by atoms with E-state index in [9.17, 15) is 13.9 Å². The van der Waals surface area contributed by atoms with Crippen molar-refractivity contribution in [3.63, 3.8) is 0 Å². The van der Waals surface area contributed by atoms with Crippen LogP contribution >= 0.6 is 12.2 Å². The predicted octanol–water partition coefficient (Wildman–Crippen LogP) is 6.81. The van der Waals surface area contributed by atoms with Crippen molar-refractivity contribution in [3.05, 3.63) is 89.2 Å². The first-order valence-corrected chi connectivity index (χ1v) is 11.3. The zero-order valence-corrected chi connectivity index (χ0v) is 20.7. The Labute approximate surface area is 204 Å². The average Bonchev–Trinajstić information content (AvgIpc) is 2.76. The van der Waals surface area contributed by atoms with Crippen molar-refractivity contribution < 1.29 is 23.2 Å². The van der Waals surface area contributed by atoms with Crippen LogP contribution in [0.15, 0.2) is 67.0 Å². The number of rotatable bonds is 6. The third kappa shape index (κ3) is 6.17. The predicted molar refractivity (Wildman–Crippen MR) is 136 cm³/mol. The molecule has 0 unspecified atom stereocenters. The summed E-state index contributed by atoms with van der Waals surface area (Å²) in [5.41, 5.74) is 4.93. The Morgan fingerprint density at radius 2 is 1.59 bits per heavy atom. The Bertz CT molecular complexity index is 1200. The maximum Gasteiger partial charge on any atom is 0.387 e. The van der Waals surface area contributed by atoms with Gasteiger partial charge in [-0.05, 0) is 72.4 Å². The average molecular weight is 484 g/mol. The lowest BCUT2D eigenvalue weighted by atomic mass is 9.88. The smallest absolute Gasteiger partial charge is 0.387 e. The van der Waals surface area contributed by atoms with E-state index in [1.807, 2.05) is 56.6 Å². The lowest BCUT2D eigenvalue weighted by Crippen LogP contribution is -2.39. The minimum absolute atomic E-state index is 0.00566. The third-order valence-electron chi connectivity index (χ3n) is 5.51. The molecule has 0 aliphatic rings. The molecule has 4 nitrogen and oxygen atoms in total. The fraction of sp³-hybridized carbons (Fsp3) is 0.259. The molecule has 3 rings (SSSR count). The van der Waals surface area contributed by atoms with E-state index in [1.165, 1.54) is 24.3 Å². The molecule has 34 heavy (non-hydrogen) atoms. The molecule has 0 aliphatic heterocycles. The monoisotopic (exact) mass is 483 g/mol. The quantitative estimate of drug-likeness (QED) is 0.175. The van der Waals surface area contributed by atoms with E-state index in [0.717, 1.165) is 22.4 Å². The fourth-order valence-electron chi connectivity index (χ4n) is 3.36. The first-order valence-electron chi connectivity index (χ1n) is 10.8. The van der Waals surface area contributed by atoms with Crippen molar-refractivity contribution in [2.75, 3.05) is 5.32 Å². The van der Waals surface area contributed by atoms with Crippen LogP contribution in [0.25, 0.3) is 11.5 Å². The number of aryl methyl sites for hydroxylation is 2. The van der Waals surface area contributed by atoms with Crippen molar-refractivity contribution in [2.24, 2.45) is 0 Å². The second kappa shape index (κ2) is 10.3. The molecule has 0 bridgehead atoms. The van der Waals surface area contributed by atoms with Gasteiger partial charge in [-0.3, -0.25) is 0 Å². The number of hydrogen-bond donors (Lipinski definition) is 2. The lowest BCUT2D eigenvalue weighted by molar-refractivity contribution is -0.575. The number of thiocarbonyl (C=S) groups is 1. The number of hydrogen-bond acceptors (Lipinski definition) is 3. The molecule has 1 aromatic heterocycles. The van der Waals surface area contributed by atoms with Crippen LogP contribution in [-0.2, 0) is 5.41 Å².